The second-order valence-corrected chi connectivity index (χ2v) is 7.73. The lowest BCUT2D eigenvalue weighted by atomic mass is 10.1. The first kappa shape index (κ1) is 19.6. The number of nitrogens with two attached hydrogens (primary N) is 1. The third kappa shape index (κ3) is 4.42. The molecule has 5 nitrogen and oxygen atoms in total. The molecule has 0 saturated carbocycles. The first-order valence-electron chi connectivity index (χ1n) is 8.20. The van der Waals surface area contributed by atoms with E-state index in [4.69, 9.17) is 28.9 Å². The number of hydrogen-bond acceptors (Lipinski definition) is 5. The molecule has 0 bridgehead atoms. The number of halogens is 2. The van der Waals surface area contributed by atoms with Gasteiger partial charge in [0.05, 0.1) is 17.4 Å². The SMILES string of the molecule is CCC(O)c1cccc(Nc2sc(-c3cc(Cl)ccc3Cl)cc2C(N)=O)n1. The molecule has 8 heteroatoms. The van der Waals surface area contributed by atoms with Gasteiger partial charge < -0.3 is 16.2 Å². The molecule has 2 heterocycles. The normalized spacial score (nSPS) is 12.0. The lowest BCUT2D eigenvalue weighted by molar-refractivity contribution is 0.100. The molecular formula is C19H17Cl2N3O2S. The summed E-state index contributed by atoms with van der Waals surface area (Å²) in [6.07, 6.45) is -0.0918. The Morgan fingerprint density at radius 1 is 1.30 bits per heavy atom. The first-order valence-corrected chi connectivity index (χ1v) is 9.77. The lowest BCUT2D eigenvalue weighted by Crippen LogP contribution is -2.11. The first-order chi connectivity index (χ1) is 12.9. The number of hydrogen-bond donors (Lipinski definition) is 3. The third-order valence-corrected chi connectivity index (χ3v) is 5.58. The van der Waals surface area contributed by atoms with Crippen molar-refractivity contribution in [2.24, 2.45) is 5.73 Å². The number of thiophene rings is 1. The lowest BCUT2D eigenvalue weighted by Gasteiger charge is -2.10. The molecule has 0 aliphatic rings. The Hall–Kier alpha value is -2.12. The largest absolute Gasteiger partial charge is 0.387 e. The fourth-order valence-corrected chi connectivity index (χ4v) is 4.07. The van der Waals surface area contributed by atoms with Crippen LogP contribution in [-0.4, -0.2) is 16.0 Å². The van der Waals surface area contributed by atoms with Crippen LogP contribution in [0.2, 0.25) is 10.0 Å². The summed E-state index contributed by atoms with van der Waals surface area (Å²) in [6, 6.07) is 12.1. The van der Waals surface area contributed by atoms with Crippen LogP contribution in [0.4, 0.5) is 10.8 Å². The molecule has 1 atom stereocenters. The zero-order valence-electron chi connectivity index (χ0n) is 14.4. The molecule has 0 fully saturated rings. The number of anilines is 2. The highest BCUT2D eigenvalue weighted by molar-refractivity contribution is 7.20. The zero-order valence-corrected chi connectivity index (χ0v) is 16.7. The van der Waals surface area contributed by atoms with Crippen LogP contribution in [0, 0.1) is 0 Å². The Morgan fingerprint density at radius 2 is 2.07 bits per heavy atom. The van der Waals surface area contributed by atoms with Crippen molar-refractivity contribution in [3.63, 3.8) is 0 Å². The molecule has 0 radical (unpaired) electrons. The summed E-state index contributed by atoms with van der Waals surface area (Å²) in [5.74, 6) is -0.0593. The maximum Gasteiger partial charge on any atom is 0.251 e. The van der Waals surface area contributed by atoms with Gasteiger partial charge >= 0.3 is 0 Å². The molecule has 140 valence electrons. The number of primary amides is 1. The van der Waals surface area contributed by atoms with Crippen molar-refractivity contribution in [1.82, 2.24) is 4.98 Å². The molecule has 0 saturated heterocycles. The van der Waals surface area contributed by atoms with E-state index in [0.717, 1.165) is 4.88 Å². The highest BCUT2D eigenvalue weighted by Gasteiger charge is 2.17. The van der Waals surface area contributed by atoms with Gasteiger partial charge in [-0.25, -0.2) is 4.98 Å². The minimum Gasteiger partial charge on any atom is -0.387 e. The molecule has 2 aromatic heterocycles. The molecule has 0 aliphatic carbocycles. The van der Waals surface area contributed by atoms with Gasteiger partial charge in [-0.15, -0.1) is 11.3 Å². The van der Waals surface area contributed by atoms with Crippen molar-refractivity contribution >= 4 is 51.3 Å². The number of benzene rings is 1. The minimum absolute atomic E-state index is 0.328. The van der Waals surface area contributed by atoms with E-state index in [1.165, 1.54) is 11.3 Å². The number of aromatic nitrogens is 1. The van der Waals surface area contributed by atoms with Crippen molar-refractivity contribution in [3.8, 4) is 10.4 Å². The summed E-state index contributed by atoms with van der Waals surface area (Å²) in [5, 5.41) is 14.7. The Balaban J connectivity index is 2.00. The smallest absolute Gasteiger partial charge is 0.251 e. The Labute approximate surface area is 170 Å². The van der Waals surface area contributed by atoms with Crippen LogP contribution in [0.1, 0.15) is 35.5 Å². The Bertz CT molecular complexity index is 991. The van der Waals surface area contributed by atoms with Crippen LogP contribution < -0.4 is 11.1 Å². The topological polar surface area (TPSA) is 88.2 Å². The number of carbonyl (C=O) groups excluding carboxylic acids is 1. The van der Waals surface area contributed by atoms with Crippen molar-refractivity contribution < 1.29 is 9.90 Å². The molecule has 1 unspecified atom stereocenters. The van der Waals surface area contributed by atoms with Crippen LogP contribution in [-0.2, 0) is 0 Å². The van der Waals surface area contributed by atoms with Gasteiger partial charge in [0, 0.05) is 20.5 Å². The fourth-order valence-electron chi connectivity index (χ4n) is 2.52. The molecule has 0 spiro atoms. The van der Waals surface area contributed by atoms with E-state index >= 15 is 0 Å². The number of carbonyl (C=O) groups is 1. The van der Waals surface area contributed by atoms with Crippen molar-refractivity contribution in [2.75, 3.05) is 5.32 Å². The van der Waals surface area contributed by atoms with Crippen LogP contribution in [0.15, 0.2) is 42.5 Å². The van der Waals surface area contributed by atoms with Crippen molar-refractivity contribution in [1.29, 1.82) is 0 Å². The quantitative estimate of drug-likeness (QED) is 0.496. The van der Waals surface area contributed by atoms with E-state index in [9.17, 15) is 9.90 Å². The summed E-state index contributed by atoms with van der Waals surface area (Å²) in [5.41, 5.74) is 7.13. The van der Waals surface area contributed by atoms with Gasteiger partial charge in [0.25, 0.3) is 5.91 Å². The number of aliphatic hydroxyl groups is 1. The minimum atomic E-state index is -0.647. The molecule has 4 N–H and O–H groups in total. The van der Waals surface area contributed by atoms with Crippen molar-refractivity contribution in [3.05, 3.63) is 63.8 Å². The number of aliphatic hydroxyl groups excluding tert-OH is 1. The molecule has 1 aromatic carbocycles. The zero-order chi connectivity index (χ0) is 19.6. The predicted molar refractivity (Wildman–Crippen MR) is 111 cm³/mol. The molecule has 3 rings (SSSR count). The van der Waals surface area contributed by atoms with E-state index < -0.39 is 12.0 Å². The fraction of sp³-hybridized carbons (Fsp3) is 0.158. The maximum absolute atomic E-state index is 11.9. The van der Waals surface area contributed by atoms with E-state index in [0.29, 0.717) is 44.1 Å². The van der Waals surface area contributed by atoms with Crippen molar-refractivity contribution in [2.45, 2.75) is 19.4 Å². The van der Waals surface area contributed by atoms with E-state index in [1.807, 2.05) is 6.92 Å². The van der Waals surface area contributed by atoms with Gasteiger partial charge in [0.2, 0.25) is 0 Å². The highest BCUT2D eigenvalue weighted by atomic mass is 35.5. The van der Waals surface area contributed by atoms with Gasteiger partial charge in [-0.3, -0.25) is 4.79 Å². The Morgan fingerprint density at radius 3 is 2.78 bits per heavy atom. The van der Waals surface area contributed by atoms with E-state index in [1.54, 1.807) is 42.5 Å². The second-order valence-electron chi connectivity index (χ2n) is 5.84. The van der Waals surface area contributed by atoms with Gasteiger partial charge in [-0.1, -0.05) is 36.2 Å². The number of amides is 1. The van der Waals surface area contributed by atoms with Crippen LogP contribution in [0.3, 0.4) is 0 Å². The monoisotopic (exact) mass is 421 g/mol. The number of rotatable bonds is 6. The molecule has 1 amide bonds. The third-order valence-electron chi connectivity index (χ3n) is 3.93. The molecule has 3 aromatic rings. The summed E-state index contributed by atoms with van der Waals surface area (Å²) < 4.78 is 0. The average molecular weight is 422 g/mol. The van der Waals surface area contributed by atoms with Gasteiger partial charge in [0.1, 0.15) is 10.8 Å². The average Bonchev–Trinajstić information content (AvgIpc) is 3.07. The number of pyridine rings is 1. The number of nitrogens with zero attached hydrogens (tertiary/aromatic N) is 1. The van der Waals surface area contributed by atoms with Crippen LogP contribution in [0.5, 0.6) is 0 Å². The van der Waals surface area contributed by atoms with Gasteiger partial charge in [-0.2, -0.15) is 0 Å². The summed E-state index contributed by atoms with van der Waals surface area (Å²) >= 11 is 13.7. The maximum atomic E-state index is 11.9. The summed E-state index contributed by atoms with van der Waals surface area (Å²) in [4.78, 5) is 17.1. The predicted octanol–water partition coefficient (Wildman–Crippen LogP) is 5.40. The van der Waals surface area contributed by atoms with E-state index in [2.05, 4.69) is 10.3 Å². The highest BCUT2D eigenvalue weighted by Crippen LogP contribution is 2.40. The molecular weight excluding hydrogens is 405 g/mol. The van der Waals surface area contributed by atoms with E-state index in [-0.39, 0.29) is 0 Å². The van der Waals surface area contributed by atoms with Crippen LogP contribution >= 0.6 is 34.5 Å². The number of nitrogens with one attached hydrogen (secondary N) is 1. The summed E-state index contributed by atoms with van der Waals surface area (Å²) in [7, 11) is 0. The second kappa shape index (κ2) is 8.27. The van der Waals surface area contributed by atoms with Gasteiger partial charge in [-0.05, 0) is 42.8 Å². The van der Waals surface area contributed by atoms with Gasteiger partial charge in [0.15, 0.2) is 0 Å². The summed E-state index contributed by atoms with van der Waals surface area (Å²) in [6.45, 7) is 1.87. The van der Waals surface area contributed by atoms with Crippen LogP contribution in [0.25, 0.3) is 10.4 Å². The molecule has 27 heavy (non-hydrogen) atoms. The molecule has 0 aliphatic heterocycles. The Kier molecular flexibility index (Phi) is 6.01. The standard InChI is InChI=1S/C19H17Cl2N3O2S/c1-2-15(25)14-4-3-5-17(23-14)24-19-12(18(22)26)9-16(27-19)11-8-10(20)6-7-13(11)21/h3-9,15,25H,2H2,1H3,(H2,22,26)(H,23,24).